The van der Waals surface area contributed by atoms with E-state index in [1.807, 2.05) is 18.2 Å². The number of anilines is 3. The zero-order valence-corrected chi connectivity index (χ0v) is 25.9. The highest BCUT2D eigenvalue weighted by Gasteiger charge is 2.37. The van der Waals surface area contributed by atoms with Crippen LogP contribution in [-0.2, 0) is 5.41 Å². The van der Waals surface area contributed by atoms with Crippen molar-refractivity contribution in [2.75, 3.05) is 4.90 Å². The number of para-hydroxylation sites is 2. The molecule has 3 heterocycles. The first kappa shape index (κ1) is 25.2. The molecule has 0 amide bonds. The summed E-state index contributed by atoms with van der Waals surface area (Å²) in [6, 6.07) is 48.0. The molecule has 7 aromatic carbocycles. The van der Waals surface area contributed by atoms with Crippen LogP contribution in [0.2, 0.25) is 0 Å². The molecular weight excluding hydrogens is 576 g/mol. The Morgan fingerprint density at radius 3 is 2.09 bits per heavy atom. The van der Waals surface area contributed by atoms with E-state index in [1.54, 1.807) is 0 Å². The summed E-state index contributed by atoms with van der Waals surface area (Å²) in [6.07, 6.45) is 0. The summed E-state index contributed by atoms with van der Waals surface area (Å²) in [5.74, 6) is 3.32. The minimum atomic E-state index is -0.0638. The predicted molar refractivity (Wildman–Crippen MR) is 191 cm³/mol. The van der Waals surface area contributed by atoms with Gasteiger partial charge in [0.05, 0.1) is 16.7 Å². The van der Waals surface area contributed by atoms with Crippen molar-refractivity contribution in [3.63, 3.8) is 0 Å². The van der Waals surface area contributed by atoms with Crippen molar-refractivity contribution in [3.05, 3.63) is 145 Å². The zero-order valence-electron chi connectivity index (χ0n) is 25.9. The summed E-state index contributed by atoms with van der Waals surface area (Å²) >= 11 is 0. The lowest BCUT2D eigenvalue weighted by Gasteiger charge is -2.30. The molecule has 0 spiro atoms. The Morgan fingerprint density at radius 2 is 1.21 bits per heavy atom. The molecule has 222 valence electrons. The maximum absolute atomic E-state index is 6.60. The quantitative estimate of drug-likeness (QED) is 0.201. The maximum atomic E-state index is 6.60. The van der Waals surface area contributed by atoms with Gasteiger partial charge < -0.3 is 14.4 Å². The summed E-state index contributed by atoms with van der Waals surface area (Å²) in [5.41, 5.74) is 11.7. The second kappa shape index (κ2) is 8.62. The van der Waals surface area contributed by atoms with Gasteiger partial charge in [-0.25, -0.2) is 0 Å². The highest BCUT2D eigenvalue weighted by atomic mass is 16.5. The van der Waals surface area contributed by atoms with Crippen LogP contribution in [0.4, 0.5) is 17.1 Å². The van der Waals surface area contributed by atoms with Crippen LogP contribution in [0, 0.1) is 0 Å². The minimum absolute atomic E-state index is 0.0638. The summed E-state index contributed by atoms with van der Waals surface area (Å²) < 4.78 is 15.4. The molecule has 1 aliphatic carbocycles. The second-order valence-electron chi connectivity index (χ2n) is 13.4. The SMILES string of the molecule is CC1(C)c2ccccc2-c2cc(N(c3ccc4ccccc4c3)c3ccc4c5c3c3cccc6c3n5-c3c(cccc3O4)O6)ccc21. The van der Waals surface area contributed by atoms with E-state index in [-0.39, 0.29) is 5.41 Å². The fourth-order valence-corrected chi connectivity index (χ4v) is 8.40. The summed E-state index contributed by atoms with van der Waals surface area (Å²) in [7, 11) is 0. The maximum Gasteiger partial charge on any atom is 0.155 e. The van der Waals surface area contributed by atoms with E-state index in [1.165, 1.54) is 33.0 Å². The first-order chi connectivity index (χ1) is 23.1. The third-order valence-corrected chi connectivity index (χ3v) is 10.5. The number of ether oxygens (including phenoxy) is 2. The number of fused-ring (bicyclic) bond motifs is 5. The average molecular weight is 605 g/mol. The van der Waals surface area contributed by atoms with Crippen LogP contribution in [-0.4, -0.2) is 4.57 Å². The van der Waals surface area contributed by atoms with E-state index in [4.69, 9.17) is 9.47 Å². The summed E-state index contributed by atoms with van der Waals surface area (Å²) in [5, 5.41) is 4.70. The molecule has 4 nitrogen and oxygen atoms in total. The van der Waals surface area contributed by atoms with E-state index in [0.717, 1.165) is 67.6 Å². The molecule has 0 N–H and O–H groups in total. The van der Waals surface area contributed by atoms with Crippen LogP contribution in [0.3, 0.4) is 0 Å². The number of benzene rings is 7. The number of rotatable bonds is 3. The Balaban J connectivity index is 1.25. The molecule has 0 unspecified atom stereocenters. The van der Waals surface area contributed by atoms with Crippen molar-refractivity contribution >= 4 is 49.6 Å². The molecule has 0 fully saturated rings. The van der Waals surface area contributed by atoms with Crippen molar-refractivity contribution in [2.45, 2.75) is 19.3 Å². The van der Waals surface area contributed by atoms with E-state index in [9.17, 15) is 0 Å². The largest absolute Gasteiger partial charge is 0.453 e. The van der Waals surface area contributed by atoms with E-state index in [2.05, 4.69) is 139 Å². The van der Waals surface area contributed by atoms with Gasteiger partial charge in [0.15, 0.2) is 23.0 Å². The topological polar surface area (TPSA) is 26.6 Å². The van der Waals surface area contributed by atoms with Crippen LogP contribution in [0.5, 0.6) is 23.0 Å². The molecule has 0 radical (unpaired) electrons. The average Bonchev–Trinajstić information content (AvgIpc) is 3.57. The van der Waals surface area contributed by atoms with Crippen molar-refractivity contribution in [1.29, 1.82) is 0 Å². The Morgan fingerprint density at radius 1 is 0.532 bits per heavy atom. The van der Waals surface area contributed by atoms with E-state index < -0.39 is 0 Å². The third kappa shape index (κ3) is 3.17. The molecule has 0 atom stereocenters. The number of aromatic nitrogens is 1. The zero-order chi connectivity index (χ0) is 31.0. The van der Waals surface area contributed by atoms with Crippen LogP contribution >= 0.6 is 0 Å². The van der Waals surface area contributed by atoms with E-state index in [0.29, 0.717) is 0 Å². The lowest BCUT2D eigenvalue weighted by Crippen LogP contribution is -2.15. The standard InChI is InChI=1S/C43H28N2O2/c1-43(2)32-13-6-5-11-29(32)31-24-28(19-20-33(31)43)44(27-18-17-25-9-3-4-10-26(25)23-27)34-21-22-38-42-39(34)30-12-7-14-35-40(30)45(42)41-36(46-35)15-8-16-37(41)47-38/h3-24H,1-2H3. The molecule has 0 bridgehead atoms. The minimum Gasteiger partial charge on any atom is -0.453 e. The van der Waals surface area contributed by atoms with Gasteiger partial charge in [0.25, 0.3) is 0 Å². The van der Waals surface area contributed by atoms with Crippen molar-refractivity contribution in [3.8, 4) is 39.8 Å². The molecule has 8 aromatic rings. The monoisotopic (exact) mass is 604 g/mol. The lowest BCUT2D eigenvalue weighted by atomic mass is 9.82. The predicted octanol–water partition coefficient (Wildman–Crippen LogP) is 11.9. The van der Waals surface area contributed by atoms with Crippen molar-refractivity contribution < 1.29 is 9.47 Å². The Bertz CT molecular complexity index is 2670. The van der Waals surface area contributed by atoms with Gasteiger partial charge in [-0.3, -0.25) is 4.57 Å². The highest BCUT2D eigenvalue weighted by molar-refractivity contribution is 6.20. The fourth-order valence-electron chi connectivity index (χ4n) is 8.40. The number of hydrogen-bond donors (Lipinski definition) is 0. The van der Waals surface area contributed by atoms with Gasteiger partial charge in [-0.15, -0.1) is 0 Å². The molecule has 11 rings (SSSR count). The van der Waals surface area contributed by atoms with E-state index >= 15 is 0 Å². The Kier molecular flexibility index (Phi) is 4.63. The van der Waals surface area contributed by atoms with Crippen molar-refractivity contribution in [1.82, 2.24) is 4.57 Å². The van der Waals surface area contributed by atoms with Gasteiger partial charge >= 0.3 is 0 Å². The molecule has 0 saturated heterocycles. The molecule has 0 saturated carbocycles. The van der Waals surface area contributed by atoms with Crippen LogP contribution < -0.4 is 14.4 Å². The Hall–Kier alpha value is -6.00. The van der Waals surface area contributed by atoms with Crippen molar-refractivity contribution in [2.24, 2.45) is 0 Å². The molecule has 4 heteroatoms. The molecule has 2 aliphatic heterocycles. The number of nitrogens with zero attached hydrogens (tertiary/aromatic N) is 2. The van der Waals surface area contributed by atoms with Gasteiger partial charge in [0.2, 0.25) is 0 Å². The summed E-state index contributed by atoms with van der Waals surface area (Å²) in [6.45, 7) is 4.67. The first-order valence-corrected chi connectivity index (χ1v) is 16.2. The molecule has 47 heavy (non-hydrogen) atoms. The van der Waals surface area contributed by atoms with Gasteiger partial charge in [-0.1, -0.05) is 92.7 Å². The molecule has 3 aliphatic rings. The summed E-state index contributed by atoms with van der Waals surface area (Å²) in [4.78, 5) is 2.43. The van der Waals surface area contributed by atoms with Gasteiger partial charge in [-0.05, 0) is 87.6 Å². The highest BCUT2D eigenvalue weighted by Crippen LogP contribution is 2.57. The Labute approximate surface area is 271 Å². The fraction of sp³-hybridized carbons (Fsp3) is 0.0698. The number of hydrogen-bond acceptors (Lipinski definition) is 3. The van der Waals surface area contributed by atoms with Gasteiger partial charge in [-0.2, -0.15) is 0 Å². The first-order valence-electron chi connectivity index (χ1n) is 16.2. The van der Waals surface area contributed by atoms with Gasteiger partial charge in [0, 0.05) is 27.6 Å². The molecule has 1 aromatic heterocycles. The smallest absolute Gasteiger partial charge is 0.155 e. The normalized spacial score (nSPS) is 14.3. The van der Waals surface area contributed by atoms with Crippen LogP contribution in [0.25, 0.3) is 49.4 Å². The molecular formula is C43H28N2O2. The van der Waals surface area contributed by atoms with Crippen LogP contribution in [0.15, 0.2) is 133 Å². The van der Waals surface area contributed by atoms with Crippen LogP contribution in [0.1, 0.15) is 25.0 Å². The second-order valence-corrected chi connectivity index (χ2v) is 13.4. The third-order valence-electron chi connectivity index (χ3n) is 10.5. The lowest BCUT2D eigenvalue weighted by molar-refractivity contribution is 0.444. The van der Waals surface area contributed by atoms with Gasteiger partial charge in [0.1, 0.15) is 5.69 Å².